The predicted octanol–water partition coefficient (Wildman–Crippen LogP) is 2.73. The summed E-state index contributed by atoms with van der Waals surface area (Å²) in [5.41, 5.74) is 4.05. The van der Waals surface area contributed by atoms with Crippen LogP contribution in [0.4, 0.5) is 0 Å². The molecule has 0 radical (unpaired) electrons. The molecule has 0 fully saturated rings. The molecule has 2 N–H and O–H groups in total. The highest BCUT2D eigenvalue weighted by Gasteiger charge is 2.30. The van der Waals surface area contributed by atoms with Crippen molar-refractivity contribution >= 4 is 17.7 Å². The van der Waals surface area contributed by atoms with Gasteiger partial charge >= 0.3 is 0 Å². The van der Waals surface area contributed by atoms with Gasteiger partial charge in [0.2, 0.25) is 17.7 Å². The fourth-order valence-corrected chi connectivity index (χ4v) is 5.55. The second kappa shape index (κ2) is 13.8. The van der Waals surface area contributed by atoms with E-state index in [1.165, 1.54) is 0 Å². The van der Waals surface area contributed by atoms with Crippen LogP contribution in [0, 0.1) is 26.7 Å². The summed E-state index contributed by atoms with van der Waals surface area (Å²) in [6.45, 7) is 11.1. The topological polar surface area (TPSA) is 127 Å². The molecule has 0 aliphatic carbocycles. The molecule has 4 rings (SSSR count). The molecule has 0 unspecified atom stereocenters. The molecular weight excluding hydrogens is 532 g/mol. The van der Waals surface area contributed by atoms with Gasteiger partial charge in [-0.05, 0) is 50.7 Å². The maximum Gasteiger partial charge on any atom is 0.243 e. The van der Waals surface area contributed by atoms with Crippen molar-refractivity contribution < 1.29 is 14.4 Å². The first kappa shape index (κ1) is 30.9. The molecule has 0 saturated carbocycles. The van der Waals surface area contributed by atoms with E-state index < -0.39 is 12.1 Å². The number of amides is 3. The Kier molecular flexibility index (Phi) is 10.1. The van der Waals surface area contributed by atoms with Crippen LogP contribution in [0.25, 0.3) is 0 Å². The maximum absolute atomic E-state index is 13.6. The quantitative estimate of drug-likeness (QED) is 0.465. The molecule has 0 bridgehead atoms. The average Bonchev–Trinajstić information content (AvgIpc) is 3.43. The van der Waals surface area contributed by atoms with Crippen molar-refractivity contribution in [2.45, 2.75) is 85.4 Å². The summed E-state index contributed by atoms with van der Waals surface area (Å²) < 4.78 is 3.66. The Morgan fingerprint density at radius 1 is 1.02 bits per heavy atom. The van der Waals surface area contributed by atoms with Gasteiger partial charge in [0.15, 0.2) is 0 Å². The lowest BCUT2D eigenvalue weighted by atomic mass is 10.0. The van der Waals surface area contributed by atoms with Gasteiger partial charge < -0.3 is 15.5 Å². The van der Waals surface area contributed by atoms with E-state index in [4.69, 9.17) is 0 Å². The van der Waals surface area contributed by atoms with E-state index in [-0.39, 0.29) is 30.1 Å². The average molecular weight is 577 g/mol. The summed E-state index contributed by atoms with van der Waals surface area (Å²) in [5.74, 6) is 0.820. The maximum atomic E-state index is 13.6. The van der Waals surface area contributed by atoms with Gasteiger partial charge in [-0.1, -0.05) is 44.2 Å². The van der Waals surface area contributed by atoms with Crippen molar-refractivity contribution in [1.29, 1.82) is 0 Å². The monoisotopic (exact) mass is 576 g/mol. The molecule has 3 aromatic rings. The number of carbonyl (C=O) groups excluding carboxylic acids is 3. The molecule has 42 heavy (non-hydrogen) atoms. The molecule has 0 saturated heterocycles. The second-order valence-electron chi connectivity index (χ2n) is 11.5. The number of fused-ring (bicyclic) bond motifs is 1. The second-order valence-corrected chi connectivity index (χ2v) is 11.5. The number of hydrogen-bond acceptors (Lipinski definition) is 6. The van der Waals surface area contributed by atoms with Crippen molar-refractivity contribution in [3.63, 3.8) is 0 Å². The van der Waals surface area contributed by atoms with Gasteiger partial charge in [-0.25, -0.2) is 9.67 Å². The number of aromatic nitrogens is 5. The van der Waals surface area contributed by atoms with Crippen LogP contribution >= 0.6 is 0 Å². The Morgan fingerprint density at radius 3 is 2.43 bits per heavy atom. The van der Waals surface area contributed by atoms with Crippen LogP contribution in [0.2, 0.25) is 0 Å². The molecule has 3 amide bonds. The van der Waals surface area contributed by atoms with Crippen LogP contribution < -0.4 is 10.6 Å². The first-order valence-electron chi connectivity index (χ1n) is 14.8. The largest absolute Gasteiger partial charge is 0.344 e. The van der Waals surface area contributed by atoms with Gasteiger partial charge in [-0.3, -0.25) is 19.1 Å². The van der Waals surface area contributed by atoms with E-state index in [1.54, 1.807) is 0 Å². The van der Waals surface area contributed by atoms with E-state index >= 15 is 0 Å². The lowest BCUT2D eigenvalue weighted by Gasteiger charge is -2.28. The van der Waals surface area contributed by atoms with Crippen molar-refractivity contribution in [3.8, 4) is 0 Å². The fraction of sp³-hybridized carbons (Fsp3) is 0.548. The van der Waals surface area contributed by atoms with E-state index in [0.717, 1.165) is 22.5 Å². The minimum Gasteiger partial charge on any atom is -0.344 e. The summed E-state index contributed by atoms with van der Waals surface area (Å²) in [6.07, 6.45) is 2.03. The van der Waals surface area contributed by atoms with Crippen molar-refractivity contribution in [3.05, 3.63) is 64.5 Å². The minimum atomic E-state index is -0.745. The van der Waals surface area contributed by atoms with Crippen LogP contribution in [0.15, 0.2) is 30.3 Å². The van der Waals surface area contributed by atoms with Gasteiger partial charge in [-0.15, -0.1) is 0 Å². The highest BCUT2D eigenvalue weighted by molar-refractivity contribution is 5.88. The van der Waals surface area contributed by atoms with Gasteiger partial charge in [0.1, 0.15) is 17.7 Å². The van der Waals surface area contributed by atoms with Gasteiger partial charge in [0, 0.05) is 45.1 Å². The molecule has 11 nitrogen and oxygen atoms in total. The van der Waals surface area contributed by atoms with E-state index in [1.807, 2.05) is 86.3 Å². The summed E-state index contributed by atoms with van der Waals surface area (Å²) >= 11 is 0. The zero-order valence-corrected chi connectivity index (χ0v) is 25.7. The molecule has 3 heterocycles. The highest BCUT2D eigenvalue weighted by atomic mass is 16.2. The summed E-state index contributed by atoms with van der Waals surface area (Å²) in [4.78, 5) is 46.7. The number of aryl methyl sites for hydroxylation is 3. The molecule has 2 atom stereocenters. The molecular formula is C31H44N8O3. The van der Waals surface area contributed by atoms with Crippen LogP contribution in [0.5, 0.6) is 0 Å². The Labute approximate surface area is 248 Å². The van der Waals surface area contributed by atoms with E-state index in [9.17, 15) is 14.4 Å². The summed E-state index contributed by atoms with van der Waals surface area (Å²) in [7, 11) is 1.91. The van der Waals surface area contributed by atoms with Crippen LogP contribution in [-0.2, 0) is 40.8 Å². The first-order valence-corrected chi connectivity index (χ1v) is 14.8. The molecule has 0 spiro atoms. The number of nitrogens with zero attached hydrogens (tertiary/aromatic N) is 6. The Hall–Kier alpha value is -4.02. The molecule has 11 heteroatoms. The molecule has 1 aliphatic heterocycles. The zero-order chi connectivity index (χ0) is 30.4. The van der Waals surface area contributed by atoms with Gasteiger partial charge in [0.05, 0.1) is 18.3 Å². The number of carbonyl (C=O) groups is 3. The molecule has 226 valence electrons. The van der Waals surface area contributed by atoms with Crippen LogP contribution in [-0.4, -0.2) is 66.3 Å². The molecule has 1 aliphatic rings. The van der Waals surface area contributed by atoms with Gasteiger partial charge in [0.25, 0.3) is 0 Å². The molecule has 2 aromatic heterocycles. The summed E-state index contributed by atoms with van der Waals surface area (Å²) in [5, 5.41) is 15.2. The van der Waals surface area contributed by atoms with Crippen molar-refractivity contribution in [1.82, 2.24) is 40.1 Å². The van der Waals surface area contributed by atoms with Crippen molar-refractivity contribution in [2.75, 3.05) is 13.1 Å². The third-order valence-electron chi connectivity index (χ3n) is 8.00. The Balaban J connectivity index is 1.58. The minimum absolute atomic E-state index is 0.0148. The molecule has 1 aromatic carbocycles. The number of rotatable bonds is 6. The lowest BCUT2D eigenvalue weighted by molar-refractivity contribution is -0.132. The smallest absolute Gasteiger partial charge is 0.243 e. The zero-order valence-electron chi connectivity index (χ0n) is 25.7. The van der Waals surface area contributed by atoms with E-state index in [0.29, 0.717) is 57.0 Å². The SMILES string of the molecule is Cc1nc2n(n1)CCN(C(=O)CCc1c(C)nn(C)c1C)CCCC(=O)N[C@@H](Cc1ccccc1)C(=O)N[C@@H]2C(C)C. The highest BCUT2D eigenvalue weighted by Crippen LogP contribution is 2.22. The van der Waals surface area contributed by atoms with E-state index in [2.05, 4.69) is 25.8 Å². The Morgan fingerprint density at radius 2 is 1.76 bits per heavy atom. The first-order chi connectivity index (χ1) is 20.0. The van der Waals surface area contributed by atoms with Crippen molar-refractivity contribution in [2.24, 2.45) is 13.0 Å². The third-order valence-corrected chi connectivity index (χ3v) is 8.00. The fourth-order valence-electron chi connectivity index (χ4n) is 5.55. The van der Waals surface area contributed by atoms with Crippen LogP contribution in [0.1, 0.15) is 73.3 Å². The predicted molar refractivity (Wildman–Crippen MR) is 159 cm³/mol. The normalized spacial score (nSPS) is 18.8. The lowest BCUT2D eigenvalue weighted by Crippen LogP contribution is -2.50. The van der Waals surface area contributed by atoms with Gasteiger partial charge in [-0.2, -0.15) is 10.2 Å². The third kappa shape index (κ3) is 7.63. The number of hydrogen-bond donors (Lipinski definition) is 2. The van der Waals surface area contributed by atoms with Crippen LogP contribution in [0.3, 0.4) is 0 Å². The summed E-state index contributed by atoms with van der Waals surface area (Å²) in [6, 6.07) is 8.49. The Bertz CT molecular complexity index is 1390. The number of benzene rings is 1. The number of nitrogens with one attached hydrogen (secondary N) is 2. The standard InChI is InChI=1S/C31H44N8O3/c1-20(2)29-30-32-23(5)36-39(30)18-17-38(28(41)15-14-25-21(3)35-37(6)22(25)4)16-10-13-27(40)33-26(31(42)34-29)19-24-11-8-7-9-12-24/h7-9,11-12,20,26,29H,10,13-19H2,1-6H3,(H,33,40)(H,34,42)/t26-,29+/m0/s1.